The zero-order valence-corrected chi connectivity index (χ0v) is 19.1. The minimum atomic E-state index is -4.48. The molecule has 5 nitrogen and oxygen atoms in total. The first-order chi connectivity index (χ1) is 15.0. The second-order valence-electron chi connectivity index (χ2n) is 7.78. The Morgan fingerprint density at radius 3 is 2.30 bits per heavy atom. The third-order valence-electron chi connectivity index (χ3n) is 5.00. The van der Waals surface area contributed by atoms with E-state index < -0.39 is 40.9 Å². The first-order valence-electron chi connectivity index (χ1n) is 9.77. The molecule has 11 heteroatoms. The standard InChI is InChI=1S/C22H24F5NO4S/c1-5-15-12-28(13-16(15)10-14(2)21(3,23)24)20(29)18-11-17(33(4,30)31)6-7-19(18)32-9-8-22(25,26)27/h5-7,10-11H,1,8-9,12-13H2,2-4H3/b14-10+. The number of ether oxygens (including phenoxy) is 1. The normalized spacial score (nSPS) is 15.8. The Bertz CT molecular complexity index is 1100. The van der Waals surface area contributed by atoms with Crippen molar-refractivity contribution < 1.29 is 39.9 Å². The van der Waals surface area contributed by atoms with Crippen LogP contribution >= 0.6 is 0 Å². The second-order valence-corrected chi connectivity index (χ2v) is 9.79. The van der Waals surface area contributed by atoms with Gasteiger partial charge in [-0.3, -0.25) is 4.79 Å². The summed E-state index contributed by atoms with van der Waals surface area (Å²) in [5, 5.41) is 0. The second kappa shape index (κ2) is 9.66. The zero-order valence-electron chi connectivity index (χ0n) is 18.3. The van der Waals surface area contributed by atoms with Gasteiger partial charge >= 0.3 is 6.18 Å². The number of alkyl halides is 5. The van der Waals surface area contributed by atoms with Crippen LogP contribution in [0.25, 0.3) is 0 Å². The number of carbonyl (C=O) groups is 1. The highest BCUT2D eigenvalue weighted by Gasteiger charge is 2.31. The van der Waals surface area contributed by atoms with Crippen molar-refractivity contribution >= 4 is 15.7 Å². The summed E-state index contributed by atoms with van der Waals surface area (Å²) in [6.07, 6.45) is -2.13. The van der Waals surface area contributed by atoms with Crippen molar-refractivity contribution in [3.63, 3.8) is 0 Å². The molecule has 0 aliphatic carbocycles. The van der Waals surface area contributed by atoms with Gasteiger partial charge in [-0.15, -0.1) is 0 Å². The maximum absolute atomic E-state index is 13.6. The summed E-state index contributed by atoms with van der Waals surface area (Å²) in [6.45, 7) is 4.79. The highest BCUT2D eigenvalue weighted by molar-refractivity contribution is 7.90. The number of carbonyl (C=O) groups excluding carboxylic acids is 1. The fourth-order valence-corrected chi connectivity index (χ4v) is 3.66. The van der Waals surface area contributed by atoms with Gasteiger partial charge in [-0.25, -0.2) is 17.2 Å². The van der Waals surface area contributed by atoms with Gasteiger partial charge in [-0.05, 0) is 41.8 Å². The van der Waals surface area contributed by atoms with Gasteiger partial charge in [0.25, 0.3) is 11.8 Å². The van der Waals surface area contributed by atoms with Crippen LogP contribution in [0.5, 0.6) is 5.75 Å². The third kappa shape index (κ3) is 7.15. The molecule has 0 atom stereocenters. The van der Waals surface area contributed by atoms with Gasteiger partial charge < -0.3 is 9.64 Å². The molecule has 0 fully saturated rings. The van der Waals surface area contributed by atoms with Gasteiger partial charge in [-0.1, -0.05) is 18.7 Å². The van der Waals surface area contributed by atoms with Crippen LogP contribution in [-0.4, -0.2) is 57.3 Å². The SMILES string of the molecule is C=CC1=C(/C=C(\C)C(C)(F)F)CN(C(=O)c2cc(S(C)(=O)=O)ccc2OCCC(F)(F)F)C1. The molecule has 1 aromatic rings. The molecular weight excluding hydrogens is 469 g/mol. The molecule has 0 spiro atoms. The van der Waals surface area contributed by atoms with E-state index in [0.29, 0.717) is 11.1 Å². The lowest BCUT2D eigenvalue weighted by Gasteiger charge is -2.20. The van der Waals surface area contributed by atoms with E-state index in [-0.39, 0.29) is 34.9 Å². The number of sulfone groups is 1. The van der Waals surface area contributed by atoms with Gasteiger partial charge in [0.2, 0.25) is 0 Å². The van der Waals surface area contributed by atoms with E-state index >= 15 is 0 Å². The lowest BCUT2D eigenvalue weighted by Crippen LogP contribution is -2.30. The number of allylic oxidation sites excluding steroid dienone is 1. The maximum atomic E-state index is 13.6. The molecule has 33 heavy (non-hydrogen) atoms. The monoisotopic (exact) mass is 493 g/mol. The highest BCUT2D eigenvalue weighted by Crippen LogP contribution is 2.31. The molecule has 0 aromatic heterocycles. The number of rotatable bonds is 8. The predicted octanol–water partition coefficient (Wildman–Crippen LogP) is 4.96. The van der Waals surface area contributed by atoms with E-state index in [9.17, 15) is 35.2 Å². The summed E-state index contributed by atoms with van der Waals surface area (Å²) in [4.78, 5) is 14.2. The van der Waals surface area contributed by atoms with Crippen molar-refractivity contribution in [2.75, 3.05) is 26.0 Å². The molecule has 0 saturated carbocycles. The molecule has 1 heterocycles. The smallest absolute Gasteiger partial charge is 0.392 e. The molecule has 1 aliphatic heterocycles. The molecular formula is C22H24F5NO4S. The lowest BCUT2D eigenvalue weighted by atomic mass is 10.1. The number of amides is 1. The average molecular weight is 493 g/mol. The summed E-state index contributed by atoms with van der Waals surface area (Å²) in [6, 6.07) is 3.29. The van der Waals surface area contributed by atoms with Gasteiger partial charge in [0, 0.05) is 26.3 Å². The lowest BCUT2D eigenvalue weighted by molar-refractivity contribution is -0.139. The van der Waals surface area contributed by atoms with Crippen molar-refractivity contribution in [2.45, 2.75) is 37.3 Å². The van der Waals surface area contributed by atoms with E-state index in [2.05, 4.69) is 6.58 Å². The van der Waals surface area contributed by atoms with E-state index in [1.807, 2.05) is 0 Å². The molecule has 1 aromatic carbocycles. The molecule has 0 radical (unpaired) electrons. The largest absolute Gasteiger partial charge is 0.492 e. The van der Waals surface area contributed by atoms with Crippen molar-refractivity contribution in [1.29, 1.82) is 0 Å². The van der Waals surface area contributed by atoms with Gasteiger partial charge in [0.15, 0.2) is 9.84 Å². The highest BCUT2D eigenvalue weighted by atomic mass is 32.2. The molecule has 0 saturated heterocycles. The molecule has 182 valence electrons. The number of hydrogen-bond acceptors (Lipinski definition) is 4. The summed E-state index contributed by atoms with van der Waals surface area (Å²) < 4.78 is 93.6. The van der Waals surface area contributed by atoms with Crippen LogP contribution in [0.1, 0.15) is 30.6 Å². The van der Waals surface area contributed by atoms with Gasteiger partial charge in [-0.2, -0.15) is 13.2 Å². The quantitative estimate of drug-likeness (QED) is 0.480. The minimum Gasteiger partial charge on any atom is -0.492 e. The van der Waals surface area contributed by atoms with Crippen molar-refractivity contribution in [3.8, 4) is 5.75 Å². The number of halogens is 5. The Labute approximate surface area is 189 Å². The Balaban J connectivity index is 2.38. The minimum absolute atomic E-state index is 0.00181. The van der Waals surface area contributed by atoms with Crippen LogP contribution in [0.3, 0.4) is 0 Å². The van der Waals surface area contributed by atoms with E-state index in [0.717, 1.165) is 31.4 Å². The fourth-order valence-electron chi connectivity index (χ4n) is 3.02. The van der Waals surface area contributed by atoms with E-state index in [1.54, 1.807) is 0 Å². The fraction of sp³-hybridized carbons (Fsp3) is 0.409. The van der Waals surface area contributed by atoms with Crippen LogP contribution < -0.4 is 4.74 Å². The summed E-state index contributed by atoms with van der Waals surface area (Å²) in [5.41, 5.74) is 0.481. The maximum Gasteiger partial charge on any atom is 0.392 e. The molecule has 1 aliphatic rings. The van der Waals surface area contributed by atoms with Crippen LogP contribution in [0, 0.1) is 0 Å². The third-order valence-corrected chi connectivity index (χ3v) is 6.11. The van der Waals surface area contributed by atoms with Crippen LogP contribution in [0.2, 0.25) is 0 Å². The van der Waals surface area contributed by atoms with Crippen LogP contribution in [-0.2, 0) is 9.84 Å². The Morgan fingerprint density at radius 1 is 1.18 bits per heavy atom. The molecule has 2 rings (SSSR count). The number of nitrogens with zero attached hydrogens (tertiary/aromatic N) is 1. The topological polar surface area (TPSA) is 63.7 Å². The average Bonchev–Trinajstić information content (AvgIpc) is 3.08. The first-order valence-corrected chi connectivity index (χ1v) is 11.7. The summed E-state index contributed by atoms with van der Waals surface area (Å²) in [5.74, 6) is -4.00. The Hall–Kier alpha value is -2.69. The van der Waals surface area contributed by atoms with Crippen molar-refractivity contribution in [2.24, 2.45) is 0 Å². The van der Waals surface area contributed by atoms with Crippen LogP contribution in [0.15, 0.2) is 58.5 Å². The first kappa shape index (κ1) is 26.6. The van der Waals surface area contributed by atoms with E-state index in [1.165, 1.54) is 24.0 Å². The Kier molecular flexibility index (Phi) is 7.78. The zero-order chi connectivity index (χ0) is 25.2. The number of hydrogen-bond donors (Lipinski definition) is 0. The van der Waals surface area contributed by atoms with Crippen LogP contribution in [0.4, 0.5) is 22.0 Å². The molecule has 0 bridgehead atoms. The number of benzene rings is 1. The molecule has 1 amide bonds. The summed E-state index contributed by atoms with van der Waals surface area (Å²) in [7, 11) is -3.73. The predicted molar refractivity (Wildman–Crippen MR) is 113 cm³/mol. The van der Waals surface area contributed by atoms with Crippen molar-refractivity contribution in [3.05, 3.63) is 59.2 Å². The van der Waals surface area contributed by atoms with Crippen molar-refractivity contribution in [1.82, 2.24) is 4.90 Å². The Morgan fingerprint density at radius 2 is 1.79 bits per heavy atom. The van der Waals surface area contributed by atoms with Gasteiger partial charge in [0.05, 0.1) is 23.5 Å². The van der Waals surface area contributed by atoms with E-state index in [4.69, 9.17) is 4.74 Å². The molecule has 0 N–H and O–H groups in total. The van der Waals surface area contributed by atoms with Gasteiger partial charge in [0.1, 0.15) is 5.75 Å². The molecule has 0 unspecified atom stereocenters. The summed E-state index contributed by atoms with van der Waals surface area (Å²) >= 11 is 0.